The number of fused-ring (bicyclic) bond motifs is 1. The molecule has 19 heavy (non-hydrogen) atoms. The van der Waals surface area contributed by atoms with Crippen LogP contribution in [-0.2, 0) is 12.4 Å². The van der Waals surface area contributed by atoms with Crippen molar-refractivity contribution < 1.29 is 0 Å². The highest BCUT2D eigenvalue weighted by Crippen LogP contribution is 2.23. The maximum absolute atomic E-state index is 6.03. The number of halogens is 1. The summed E-state index contributed by atoms with van der Waals surface area (Å²) in [6, 6.07) is 8.41. The van der Waals surface area contributed by atoms with Crippen LogP contribution in [0.4, 0.5) is 0 Å². The minimum atomic E-state index is 0.273. The van der Waals surface area contributed by atoms with Gasteiger partial charge in [-0.05, 0) is 19.1 Å². The van der Waals surface area contributed by atoms with Gasteiger partial charge in [0.1, 0.15) is 5.82 Å². The maximum Gasteiger partial charge on any atom is 0.125 e. The normalized spacial score (nSPS) is 12.9. The average molecular weight is 275 g/mol. The topological polar surface area (TPSA) is 35.6 Å². The minimum Gasteiger partial charge on any atom is -0.335 e. The molecule has 0 saturated heterocycles. The van der Waals surface area contributed by atoms with Crippen molar-refractivity contribution in [3.8, 4) is 0 Å². The molecule has 0 spiro atoms. The Hall–Kier alpha value is -1.81. The van der Waals surface area contributed by atoms with Crippen LogP contribution in [0.15, 0.2) is 43.0 Å². The highest BCUT2D eigenvalue weighted by atomic mass is 35.5. The predicted molar refractivity (Wildman–Crippen MR) is 76.2 cm³/mol. The Morgan fingerprint density at radius 1 is 1.32 bits per heavy atom. The van der Waals surface area contributed by atoms with E-state index in [2.05, 4.69) is 32.1 Å². The van der Waals surface area contributed by atoms with Gasteiger partial charge in [0.2, 0.25) is 0 Å². The number of para-hydroxylation sites is 2. The van der Waals surface area contributed by atoms with E-state index in [1.165, 1.54) is 0 Å². The van der Waals surface area contributed by atoms with Crippen molar-refractivity contribution in [2.45, 2.75) is 25.4 Å². The summed E-state index contributed by atoms with van der Waals surface area (Å²) in [5, 5.41) is 0. The van der Waals surface area contributed by atoms with Crippen molar-refractivity contribution in [1.82, 2.24) is 19.1 Å². The van der Waals surface area contributed by atoms with Crippen LogP contribution in [0, 0.1) is 0 Å². The van der Waals surface area contributed by atoms with E-state index in [9.17, 15) is 0 Å². The summed E-state index contributed by atoms with van der Waals surface area (Å²) < 4.78 is 4.28. The molecule has 2 aromatic heterocycles. The zero-order chi connectivity index (χ0) is 13.2. The fraction of sp³-hybridized carbons (Fsp3) is 0.286. The first-order chi connectivity index (χ1) is 9.29. The summed E-state index contributed by atoms with van der Waals surface area (Å²) in [5.41, 5.74) is 2.13. The van der Waals surface area contributed by atoms with Gasteiger partial charge in [-0.2, -0.15) is 0 Å². The molecule has 1 aromatic carbocycles. The van der Waals surface area contributed by atoms with Crippen molar-refractivity contribution in [2.75, 3.05) is 0 Å². The van der Waals surface area contributed by atoms with Crippen molar-refractivity contribution in [3.05, 3.63) is 48.8 Å². The third kappa shape index (κ3) is 2.24. The summed E-state index contributed by atoms with van der Waals surface area (Å²) in [4.78, 5) is 8.66. The number of hydrogen-bond donors (Lipinski definition) is 0. The number of imidazole rings is 2. The van der Waals surface area contributed by atoms with Crippen LogP contribution >= 0.6 is 11.6 Å². The molecule has 98 valence electrons. The van der Waals surface area contributed by atoms with Crippen molar-refractivity contribution in [1.29, 1.82) is 0 Å². The molecule has 0 aliphatic heterocycles. The lowest BCUT2D eigenvalue weighted by Crippen LogP contribution is -2.14. The number of alkyl halides is 1. The Kier molecular flexibility index (Phi) is 3.25. The molecule has 3 aromatic rings. The van der Waals surface area contributed by atoms with Gasteiger partial charge in [-0.1, -0.05) is 12.1 Å². The summed E-state index contributed by atoms with van der Waals surface area (Å²) in [5.74, 6) is 1.33. The zero-order valence-corrected chi connectivity index (χ0v) is 11.5. The van der Waals surface area contributed by atoms with Crippen molar-refractivity contribution >= 4 is 22.6 Å². The summed E-state index contributed by atoms with van der Waals surface area (Å²) in [6.45, 7) is 3.02. The molecule has 0 radical (unpaired) electrons. The van der Waals surface area contributed by atoms with E-state index in [0.717, 1.165) is 23.4 Å². The van der Waals surface area contributed by atoms with Gasteiger partial charge in [0.05, 0.1) is 29.3 Å². The van der Waals surface area contributed by atoms with Gasteiger partial charge < -0.3 is 9.13 Å². The van der Waals surface area contributed by atoms with E-state index in [-0.39, 0.29) is 6.04 Å². The van der Waals surface area contributed by atoms with E-state index in [0.29, 0.717) is 5.88 Å². The van der Waals surface area contributed by atoms with Crippen LogP contribution in [0.1, 0.15) is 18.8 Å². The Bertz CT molecular complexity index is 672. The van der Waals surface area contributed by atoms with Gasteiger partial charge in [-0.25, -0.2) is 9.97 Å². The lowest BCUT2D eigenvalue weighted by atomic mass is 10.2. The third-order valence-corrected chi connectivity index (χ3v) is 3.50. The van der Waals surface area contributed by atoms with Gasteiger partial charge in [-0.3, -0.25) is 0 Å². The molecule has 0 saturated carbocycles. The fourth-order valence-electron chi connectivity index (χ4n) is 2.46. The molecule has 5 heteroatoms. The third-order valence-electron chi connectivity index (χ3n) is 3.26. The zero-order valence-electron chi connectivity index (χ0n) is 10.7. The van der Waals surface area contributed by atoms with Gasteiger partial charge in [0.15, 0.2) is 0 Å². The first-order valence-electron chi connectivity index (χ1n) is 6.27. The van der Waals surface area contributed by atoms with Crippen molar-refractivity contribution in [3.63, 3.8) is 0 Å². The van der Waals surface area contributed by atoms with E-state index in [1.807, 2.05) is 30.7 Å². The van der Waals surface area contributed by atoms with Gasteiger partial charge >= 0.3 is 0 Å². The molecule has 0 bridgehead atoms. The SMILES string of the molecule is CC(Cn1ccnc1)n1c(CCl)nc2ccccc21. The minimum absolute atomic E-state index is 0.273. The lowest BCUT2D eigenvalue weighted by Gasteiger charge is -2.17. The predicted octanol–water partition coefficient (Wildman–Crippen LogP) is 3.23. The lowest BCUT2D eigenvalue weighted by molar-refractivity contribution is 0.464. The molecule has 1 atom stereocenters. The number of benzene rings is 1. The Morgan fingerprint density at radius 2 is 2.16 bits per heavy atom. The summed E-state index contributed by atoms with van der Waals surface area (Å²) in [6.07, 6.45) is 5.59. The van der Waals surface area contributed by atoms with E-state index in [1.54, 1.807) is 6.20 Å². The largest absolute Gasteiger partial charge is 0.335 e. The average Bonchev–Trinajstić information content (AvgIpc) is 3.04. The second-order valence-electron chi connectivity index (χ2n) is 4.63. The number of nitrogens with zero attached hydrogens (tertiary/aromatic N) is 4. The van der Waals surface area contributed by atoms with Crippen LogP contribution < -0.4 is 0 Å². The molecule has 0 aliphatic rings. The van der Waals surface area contributed by atoms with Crippen LogP contribution in [0.5, 0.6) is 0 Å². The number of rotatable bonds is 4. The fourth-order valence-corrected chi connectivity index (χ4v) is 2.65. The standard InChI is InChI=1S/C14H15ClN4/c1-11(9-18-7-6-16-10-18)19-13-5-3-2-4-12(13)17-14(19)8-15/h2-7,10-11H,8-9H2,1H3. The number of aromatic nitrogens is 4. The summed E-state index contributed by atoms with van der Waals surface area (Å²) in [7, 11) is 0. The molecular formula is C14H15ClN4. The highest BCUT2D eigenvalue weighted by molar-refractivity contribution is 6.16. The van der Waals surface area contributed by atoms with Crippen LogP contribution in [0.25, 0.3) is 11.0 Å². The molecule has 4 nitrogen and oxygen atoms in total. The van der Waals surface area contributed by atoms with Gasteiger partial charge in [0.25, 0.3) is 0 Å². The first-order valence-corrected chi connectivity index (χ1v) is 6.80. The van der Waals surface area contributed by atoms with Gasteiger partial charge in [0, 0.05) is 18.9 Å². The second-order valence-corrected chi connectivity index (χ2v) is 4.90. The van der Waals surface area contributed by atoms with Crippen LogP contribution in [0.3, 0.4) is 0 Å². The molecule has 3 rings (SSSR count). The monoisotopic (exact) mass is 274 g/mol. The molecule has 2 heterocycles. The van der Waals surface area contributed by atoms with Crippen LogP contribution in [0.2, 0.25) is 0 Å². The summed E-state index contributed by atoms with van der Waals surface area (Å²) >= 11 is 6.03. The first kappa shape index (κ1) is 12.2. The van der Waals surface area contributed by atoms with E-state index in [4.69, 9.17) is 11.6 Å². The molecule has 0 fully saturated rings. The maximum atomic E-state index is 6.03. The van der Waals surface area contributed by atoms with Crippen LogP contribution in [-0.4, -0.2) is 19.1 Å². The molecular weight excluding hydrogens is 260 g/mol. The molecule has 0 amide bonds. The molecule has 0 aliphatic carbocycles. The Morgan fingerprint density at radius 3 is 2.89 bits per heavy atom. The smallest absolute Gasteiger partial charge is 0.125 e. The van der Waals surface area contributed by atoms with E-state index >= 15 is 0 Å². The quantitative estimate of drug-likeness (QED) is 0.685. The highest BCUT2D eigenvalue weighted by Gasteiger charge is 2.15. The molecule has 1 unspecified atom stereocenters. The Balaban J connectivity index is 2.02. The molecule has 0 N–H and O–H groups in total. The van der Waals surface area contributed by atoms with E-state index < -0.39 is 0 Å². The number of hydrogen-bond acceptors (Lipinski definition) is 2. The second kappa shape index (κ2) is 5.05. The van der Waals surface area contributed by atoms with Gasteiger partial charge in [-0.15, -0.1) is 11.6 Å². The van der Waals surface area contributed by atoms with Crippen molar-refractivity contribution in [2.24, 2.45) is 0 Å². The Labute approximate surface area is 116 Å².